The molecule has 0 aliphatic carbocycles. The minimum Gasteiger partial charge on any atom is -0.399 e. The second-order valence-corrected chi connectivity index (χ2v) is 6.21. The molecule has 1 aromatic carbocycles. The van der Waals surface area contributed by atoms with Crippen LogP contribution in [0.4, 0.5) is 5.69 Å². The fraction of sp³-hybridized carbons (Fsp3) is 0.467. The fourth-order valence-electron chi connectivity index (χ4n) is 1.90. The van der Waals surface area contributed by atoms with Crippen molar-refractivity contribution in [3.8, 4) is 0 Å². The average molecular weight is 287 g/mol. The molecule has 0 spiro atoms. The molecule has 5 nitrogen and oxygen atoms in total. The van der Waals surface area contributed by atoms with Gasteiger partial charge in [-0.15, -0.1) is 0 Å². The van der Waals surface area contributed by atoms with Crippen molar-refractivity contribution in [1.82, 2.24) is 0 Å². The van der Waals surface area contributed by atoms with Crippen LogP contribution in [0.1, 0.15) is 34.6 Å². The summed E-state index contributed by atoms with van der Waals surface area (Å²) in [6, 6.07) is 7.76. The summed E-state index contributed by atoms with van der Waals surface area (Å²) >= 11 is 0. The van der Waals surface area contributed by atoms with Crippen LogP contribution in [0.3, 0.4) is 0 Å². The van der Waals surface area contributed by atoms with Crippen LogP contribution in [-0.4, -0.2) is 30.2 Å². The van der Waals surface area contributed by atoms with Crippen LogP contribution in [0.5, 0.6) is 0 Å². The molecule has 0 atom stereocenters. The van der Waals surface area contributed by atoms with Crippen LogP contribution >= 0.6 is 0 Å². The highest BCUT2D eigenvalue weighted by Crippen LogP contribution is 2.36. The predicted molar refractivity (Wildman–Crippen MR) is 87.6 cm³/mol. The van der Waals surface area contributed by atoms with Gasteiger partial charge in [-0.2, -0.15) is 5.10 Å². The Hall–Kier alpha value is -1.66. The summed E-state index contributed by atoms with van der Waals surface area (Å²) in [7, 11) is -0.347. The molecule has 0 bridgehead atoms. The minimum atomic E-state index is -0.347. The van der Waals surface area contributed by atoms with Gasteiger partial charge in [0.05, 0.1) is 28.8 Å². The number of nitrogens with zero attached hydrogens (tertiary/aromatic N) is 2. The lowest BCUT2D eigenvalue weighted by atomic mass is 9.79. The first kappa shape index (κ1) is 15.7. The highest BCUT2D eigenvalue weighted by atomic mass is 16.7. The van der Waals surface area contributed by atoms with E-state index in [1.165, 1.54) is 0 Å². The van der Waals surface area contributed by atoms with Crippen molar-refractivity contribution in [3.05, 3.63) is 24.3 Å². The van der Waals surface area contributed by atoms with Crippen molar-refractivity contribution >= 4 is 30.2 Å². The van der Waals surface area contributed by atoms with Gasteiger partial charge in [-0.25, -0.2) is 0 Å². The first-order chi connectivity index (χ1) is 9.75. The molecule has 1 heterocycles. The van der Waals surface area contributed by atoms with Gasteiger partial charge in [0.15, 0.2) is 0 Å². The number of nitrogens with two attached hydrogens (primary N) is 1. The highest BCUT2D eigenvalue weighted by Gasteiger charge is 2.51. The van der Waals surface area contributed by atoms with Gasteiger partial charge >= 0.3 is 7.12 Å². The Morgan fingerprint density at radius 2 is 1.62 bits per heavy atom. The van der Waals surface area contributed by atoms with Gasteiger partial charge in [-0.05, 0) is 52.2 Å². The average Bonchev–Trinajstić information content (AvgIpc) is 2.65. The lowest BCUT2D eigenvalue weighted by molar-refractivity contribution is 0.00578. The van der Waals surface area contributed by atoms with E-state index in [4.69, 9.17) is 15.2 Å². The molecule has 1 aliphatic rings. The van der Waals surface area contributed by atoms with E-state index in [1.54, 1.807) is 13.1 Å². The van der Waals surface area contributed by atoms with Gasteiger partial charge in [-0.1, -0.05) is 12.1 Å². The van der Waals surface area contributed by atoms with Crippen LogP contribution in [-0.2, 0) is 9.31 Å². The summed E-state index contributed by atoms with van der Waals surface area (Å²) < 4.78 is 12.0. The number of aliphatic imine (C=N–C) groups is 1. The molecule has 2 N–H and O–H groups in total. The second kappa shape index (κ2) is 5.62. The van der Waals surface area contributed by atoms with Gasteiger partial charge in [0.2, 0.25) is 0 Å². The molecular weight excluding hydrogens is 265 g/mol. The molecule has 1 fully saturated rings. The standard InChI is InChI=1S/C15H22BN3O2/c1-11(19-17)10-18-13-8-6-12(7-9-13)16-20-14(2,3)15(4,5)21-16/h6-10H,17H2,1-5H3/b18-10?,19-11-. The maximum Gasteiger partial charge on any atom is 0.494 e. The number of hydrogen-bond acceptors (Lipinski definition) is 5. The Morgan fingerprint density at radius 1 is 1.10 bits per heavy atom. The van der Waals surface area contributed by atoms with E-state index in [9.17, 15) is 0 Å². The Morgan fingerprint density at radius 3 is 2.10 bits per heavy atom. The molecule has 1 saturated heterocycles. The normalized spacial score (nSPS) is 21.2. The Bertz CT molecular complexity index is 549. The molecule has 21 heavy (non-hydrogen) atoms. The predicted octanol–water partition coefficient (Wildman–Crippen LogP) is 2.02. The fourth-order valence-corrected chi connectivity index (χ4v) is 1.90. The lowest BCUT2D eigenvalue weighted by Crippen LogP contribution is -2.41. The molecule has 0 unspecified atom stereocenters. The van der Waals surface area contributed by atoms with Gasteiger partial charge in [0, 0.05) is 0 Å². The van der Waals surface area contributed by atoms with Crippen LogP contribution in [0, 0.1) is 0 Å². The quantitative estimate of drug-likeness (QED) is 0.400. The van der Waals surface area contributed by atoms with Gasteiger partial charge in [0.1, 0.15) is 0 Å². The van der Waals surface area contributed by atoms with Crippen LogP contribution in [0.25, 0.3) is 0 Å². The molecule has 1 aromatic rings. The summed E-state index contributed by atoms with van der Waals surface area (Å²) in [5.41, 5.74) is 1.83. The van der Waals surface area contributed by atoms with E-state index >= 15 is 0 Å². The highest BCUT2D eigenvalue weighted by molar-refractivity contribution is 6.62. The van der Waals surface area contributed by atoms with E-state index in [2.05, 4.69) is 10.1 Å². The molecule has 112 valence electrons. The van der Waals surface area contributed by atoms with E-state index in [0.717, 1.165) is 11.2 Å². The van der Waals surface area contributed by atoms with Crippen molar-refractivity contribution in [3.63, 3.8) is 0 Å². The third kappa shape index (κ3) is 3.33. The summed E-state index contributed by atoms with van der Waals surface area (Å²) in [5.74, 6) is 5.16. The van der Waals surface area contributed by atoms with Crippen molar-refractivity contribution in [2.24, 2.45) is 15.9 Å². The monoisotopic (exact) mass is 287 g/mol. The van der Waals surface area contributed by atoms with Crippen molar-refractivity contribution < 1.29 is 9.31 Å². The minimum absolute atomic E-state index is 0.330. The summed E-state index contributed by atoms with van der Waals surface area (Å²) in [6.45, 7) is 9.96. The molecule has 0 amide bonds. The maximum absolute atomic E-state index is 6.01. The SMILES string of the molecule is C/C(C=Nc1ccc(B2OC(C)(C)C(C)(C)O2)cc1)=N/N. The van der Waals surface area contributed by atoms with E-state index in [1.807, 2.05) is 52.0 Å². The van der Waals surface area contributed by atoms with Crippen molar-refractivity contribution in [2.45, 2.75) is 45.8 Å². The van der Waals surface area contributed by atoms with E-state index < -0.39 is 0 Å². The van der Waals surface area contributed by atoms with E-state index in [-0.39, 0.29) is 18.3 Å². The first-order valence-electron chi connectivity index (χ1n) is 6.99. The topological polar surface area (TPSA) is 69.2 Å². The summed E-state index contributed by atoms with van der Waals surface area (Å²) in [5, 5.41) is 3.54. The van der Waals surface area contributed by atoms with Gasteiger partial charge < -0.3 is 15.2 Å². The van der Waals surface area contributed by atoms with Gasteiger partial charge in [0.25, 0.3) is 0 Å². The molecule has 0 saturated carbocycles. The molecule has 0 radical (unpaired) electrons. The molecule has 1 aliphatic heterocycles. The smallest absolute Gasteiger partial charge is 0.399 e. The van der Waals surface area contributed by atoms with Crippen LogP contribution < -0.4 is 11.3 Å². The van der Waals surface area contributed by atoms with E-state index in [0.29, 0.717) is 5.71 Å². The van der Waals surface area contributed by atoms with Crippen LogP contribution in [0.2, 0.25) is 0 Å². The summed E-state index contributed by atoms with van der Waals surface area (Å²) in [6.07, 6.45) is 1.63. The third-order valence-corrected chi connectivity index (χ3v) is 4.02. The maximum atomic E-state index is 6.01. The zero-order valence-electron chi connectivity index (χ0n) is 13.3. The lowest BCUT2D eigenvalue weighted by Gasteiger charge is -2.32. The first-order valence-corrected chi connectivity index (χ1v) is 6.99. The summed E-state index contributed by atoms with van der Waals surface area (Å²) in [4.78, 5) is 4.28. The largest absolute Gasteiger partial charge is 0.494 e. The number of rotatable bonds is 3. The molecular formula is C15H22BN3O2. The number of benzene rings is 1. The second-order valence-electron chi connectivity index (χ2n) is 6.21. The number of hydrogen-bond donors (Lipinski definition) is 1. The molecule has 0 aromatic heterocycles. The van der Waals surface area contributed by atoms with Crippen molar-refractivity contribution in [2.75, 3.05) is 0 Å². The molecule has 2 rings (SSSR count). The van der Waals surface area contributed by atoms with Crippen molar-refractivity contribution in [1.29, 1.82) is 0 Å². The number of hydrazone groups is 1. The van der Waals surface area contributed by atoms with Gasteiger partial charge in [-0.3, -0.25) is 4.99 Å². The Balaban J connectivity index is 2.12. The third-order valence-electron chi connectivity index (χ3n) is 4.02. The Kier molecular flexibility index (Phi) is 4.21. The van der Waals surface area contributed by atoms with Crippen LogP contribution in [0.15, 0.2) is 34.4 Å². The molecule has 6 heteroatoms. The Labute approximate surface area is 126 Å². The zero-order valence-corrected chi connectivity index (χ0v) is 13.3. The zero-order chi connectivity index (χ0) is 15.7.